The molecule has 0 aliphatic carbocycles. The predicted octanol–water partition coefficient (Wildman–Crippen LogP) is 1.82. The maximum Gasteiger partial charge on any atom is 0.346 e. The van der Waals surface area contributed by atoms with Crippen LogP contribution in [0.5, 0.6) is 0 Å². The molecule has 3 N–H and O–H groups in total. The maximum absolute atomic E-state index is 12.9. The van der Waals surface area contributed by atoms with Crippen molar-refractivity contribution < 1.29 is 23.1 Å². The number of nitrogens with two attached hydrogens (primary N) is 1. The molecule has 1 aromatic carbocycles. The van der Waals surface area contributed by atoms with E-state index in [0.717, 1.165) is 9.87 Å². The lowest BCUT2D eigenvalue weighted by Crippen LogP contribution is -2.33. The molecule has 1 aromatic heterocycles. The van der Waals surface area contributed by atoms with E-state index in [1.54, 1.807) is 31.2 Å². The van der Waals surface area contributed by atoms with Crippen LogP contribution < -0.4 is 5.73 Å². The lowest BCUT2D eigenvalue weighted by atomic mass is 10.2. The second-order valence-corrected chi connectivity index (χ2v) is 8.64. The summed E-state index contributed by atoms with van der Waals surface area (Å²) < 4.78 is 26.9. The third-order valence-corrected chi connectivity index (χ3v) is 7.01. The summed E-state index contributed by atoms with van der Waals surface area (Å²) in [4.78, 5) is 22.3. The third-order valence-electron chi connectivity index (χ3n) is 3.49. The highest BCUT2D eigenvalue weighted by atomic mass is 32.2. The predicted molar refractivity (Wildman–Crippen MR) is 93.9 cm³/mol. The number of carboxylic acids is 1. The first-order valence-corrected chi connectivity index (χ1v) is 9.63. The van der Waals surface area contributed by atoms with Crippen molar-refractivity contribution >= 4 is 33.2 Å². The molecule has 2 aromatic rings. The van der Waals surface area contributed by atoms with Crippen molar-refractivity contribution in [3.05, 3.63) is 52.4 Å². The molecule has 9 heteroatoms. The van der Waals surface area contributed by atoms with Crippen LogP contribution in [0.3, 0.4) is 0 Å². The number of amides is 1. The molecule has 1 heterocycles. The lowest BCUT2D eigenvalue weighted by molar-refractivity contribution is -0.118. The van der Waals surface area contributed by atoms with Gasteiger partial charge in [0.2, 0.25) is 5.91 Å². The van der Waals surface area contributed by atoms with E-state index in [0.29, 0.717) is 16.9 Å². The Hall–Kier alpha value is -2.23. The molecule has 0 fully saturated rings. The topological polar surface area (TPSA) is 118 Å². The van der Waals surface area contributed by atoms with Crippen LogP contribution in [-0.4, -0.2) is 36.3 Å². The molecule has 0 saturated heterocycles. The first-order valence-electron chi connectivity index (χ1n) is 7.38. The number of aromatic carboxylic acids is 1. The van der Waals surface area contributed by atoms with Gasteiger partial charge in [-0.3, -0.25) is 4.79 Å². The van der Waals surface area contributed by atoms with Gasteiger partial charge in [-0.25, -0.2) is 13.2 Å². The highest BCUT2D eigenvalue weighted by molar-refractivity contribution is 7.91. The summed E-state index contributed by atoms with van der Waals surface area (Å²) in [7, 11) is -3.95. The number of hydrogen-bond donors (Lipinski definition) is 2. The van der Waals surface area contributed by atoms with Crippen molar-refractivity contribution in [1.29, 1.82) is 0 Å². The van der Waals surface area contributed by atoms with Crippen molar-refractivity contribution in [2.24, 2.45) is 5.73 Å². The normalized spacial score (nSPS) is 11.6. The Balaban J connectivity index is 2.38. The fourth-order valence-corrected chi connectivity index (χ4v) is 5.19. The van der Waals surface area contributed by atoms with Crippen LogP contribution in [0.4, 0.5) is 0 Å². The van der Waals surface area contributed by atoms with Gasteiger partial charge >= 0.3 is 5.97 Å². The number of hydrogen-bond acceptors (Lipinski definition) is 5. The standard InChI is InChI=1S/C16H18N2O5S2/c1-11-9-14(24-15(11)16(20)21)25(22,23)18(8-7-13(17)19)10-12-5-3-2-4-6-12/h2-6,9H,7-8,10H2,1H3,(H2,17,19)(H,20,21). The molecule has 0 bridgehead atoms. The molecule has 0 radical (unpaired) electrons. The van der Waals surface area contributed by atoms with Crippen molar-refractivity contribution in [2.45, 2.75) is 24.1 Å². The monoisotopic (exact) mass is 382 g/mol. The maximum atomic E-state index is 12.9. The number of aryl methyl sites for hydroxylation is 1. The molecular weight excluding hydrogens is 364 g/mol. The van der Waals surface area contributed by atoms with Gasteiger partial charge in [-0.05, 0) is 24.1 Å². The van der Waals surface area contributed by atoms with Gasteiger partial charge in [0.1, 0.15) is 9.09 Å². The SMILES string of the molecule is Cc1cc(S(=O)(=O)N(CCC(N)=O)Cc2ccccc2)sc1C(=O)O. The molecule has 0 spiro atoms. The van der Waals surface area contributed by atoms with Gasteiger partial charge in [0.25, 0.3) is 10.0 Å². The molecule has 0 atom stereocenters. The van der Waals surface area contributed by atoms with Crippen molar-refractivity contribution in [2.75, 3.05) is 6.54 Å². The first-order chi connectivity index (χ1) is 11.7. The summed E-state index contributed by atoms with van der Waals surface area (Å²) >= 11 is 0.702. The molecule has 7 nitrogen and oxygen atoms in total. The number of rotatable bonds is 8. The lowest BCUT2D eigenvalue weighted by Gasteiger charge is -2.21. The second kappa shape index (κ2) is 7.77. The third kappa shape index (κ3) is 4.65. The number of benzene rings is 1. The van der Waals surface area contributed by atoms with Crippen molar-refractivity contribution in [1.82, 2.24) is 4.31 Å². The molecule has 1 amide bonds. The number of carbonyl (C=O) groups is 2. The van der Waals surface area contributed by atoms with Gasteiger partial charge in [-0.2, -0.15) is 4.31 Å². The van der Waals surface area contributed by atoms with Crippen LogP contribution in [-0.2, 0) is 21.4 Å². The number of carboxylic acid groups (broad SMARTS) is 1. The molecule has 0 saturated carbocycles. The van der Waals surface area contributed by atoms with Gasteiger partial charge in [-0.1, -0.05) is 30.3 Å². The largest absolute Gasteiger partial charge is 0.477 e. The van der Waals surface area contributed by atoms with Crippen LogP contribution in [0, 0.1) is 6.92 Å². The van der Waals surface area contributed by atoms with Crippen molar-refractivity contribution in [3.8, 4) is 0 Å². The Kier molecular flexibility index (Phi) is 5.93. The van der Waals surface area contributed by atoms with Crippen LogP contribution in [0.15, 0.2) is 40.6 Å². The Morgan fingerprint density at radius 3 is 2.40 bits per heavy atom. The zero-order valence-electron chi connectivity index (χ0n) is 13.5. The fraction of sp³-hybridized carbons (Fsp3) is 0.250. The minimum atomic E-state index is -3.95. The van der Waals surface area contributed by atoms with Gasteiger partial charge in [0.05, 0.1) is 0 Å². The van der Waals surface area contributed by atoms with E-state index in [9.17, 15) is 18.0 Å². The number of carbonyl (C=O) groups excluding carboxylic acids is 1. The van der Waals surface area contributed by atoms with Gasteiger partial charge in [0, 0.05) is 19.5 Å². The first kappa shape index (κ1) is 19.1. The van der Waals surface area contributed by atoms with Gasteiger partial charge in [0.15, 0.2) is 0 Å². The minimum Gasteiger partial charge on any atom is -0.477 e. The highest BCUT2D eigenvalue weighted by Crippen LogP contribution is 2.29. The number of sulfonamides is 1. The Morgan fingerprint density at radius 1 is 1.24 bits per heavy atom. The van der Waals surface area contributed by atoms with E-state index in [1.165, 1.54) is 6.07 Å². The van der Waals surface area contributed by atoms with E-state index < -0.39 is 21.9 Å². The van der Waals surface area contributed by atoms with Gasteiger partial charge < -0.3 is 10.8 Å². The van der Waals surface area contributed by atoms with Crippen LogP contribution in [0.25, 0.3) is 0 Å². The Morgan fingerprint density at radius 2 is 1.88 bits per heavy atom. The van der Waals surface area contributed by atoms with Crippen molar-refractivity contribution in [3.63, 3.8) is 0 Å². The quantitative estimate of drug-likeness (QED) is 0.722. The zero-order valence-corrected chi connectivity index (χ0v) is 15.1. The van der Waals surface area contributed by atoms with Crippen LogP contribution in [0.1, 0.15) is 27.2 Å². The molecule has 134 valence electrons. The Bertz CT molecular complexity index is 875. The molecule has 2 rings (SSSR count). The number of nitrogens with zero attached hydrogens (tertiary/aromatic N) is 1. The van der Waals surface area contributed by atoms with E-state index >= 15 is 0 Å². The van der Waals surface area contributed by atoms with Gasteiger partial charge in [-0.15, -0.1) is 11.3 Å². The molecule has 0 aliphatic rings. The summed E-state index contributed by atoms with van der Waals surface area (Å²) in [5, 5.41) is 9.14. The van der Waals surface area contributed by atoms with E-state index in [4.69, 9.17) is 10.8 Å². The molecular formula is C16H18N2O5S2. The Labute approximate surface area is 149 Å². The number of thiophene rings is 1. The highest BCUT2D eigenvalue weighted by Gasteiger charge is 2.28. The second-order valence-electron chi connectivity index (χ2n) is 5.42. The summed E-state index contributed by atoms with van der Waals surface area (Å²) in [6.07, 6.45) is -0.123. The van der Waals surface area contributed by atoms with Crippen LogP contribution in [0.2, 0.25) is 0 Å². The van der Waals surface area contributed by atoms with E-state index in [2.05, 4.69) is 0 Å². The minimum absolute atomic E-state index is 0.0202. The molecule has 0 unspecified atom stereocenters. The average molecular weight is 382 g/mol. The average Bonchev–Trinajstić information content (AvgIpc) is 2.95. The zero-order chi connectivity index (χ0) is 18.6. The number of primary amides is 1. The summed E-state index contributed by atoms with van der Waals surface area (Å²) in [5.74, 6) is -1.78. The smallest absolute Gasteiger partial charge is 0.346 e. The summed E-state index contributed by atoms with van der Waals surface area (Å²) in [6.45, 7) is 1.53. The molecule has 0 aliphatic heterocycles. The summed E-state index contributed by atoms with van der Waals surface area (Å²) in [6, 6.07) is 10.3. The fourth-order valence-electron chi connectivity index (χ4n) is 2.23. The van der Waals surface area contributed by atoms with E-state index in [-0.39, 0.29) is 28.6 Å². The van der Waals surface area contributed by atoms with Crippen LogP contribution >= 0.6 is 11.3 Å². The summed E-state index contributed by atoms with van der Waals surface area (Å²) in [5.41, 5.74) is 6.28. The van der Waals surface area contributed by atoms with E-state index in [1.807, 2.05) is 6.07 Å². The molecule has 25 heavy (non-hydrogen) atoms.